The van der Waals surface area contributed by atoms with Gasteiger partial charge >= 0.3 is 5.97 Å². The van der Waals surface area contributed by atoms with Crippen molar-refractivity contribution in [2.75, 3.05) is 7.11 Å². The maximum atomic E-state index is 11.4. The number of pyridine rings is 1. The Morgan fingerprint density at radius 2 is 2.14 bits per heavy atom. The first kappa shape index (κ1) is 15.7. The number of aromatic nitrogens is 1. The van der Waals surface area contributed by atoms with Crippen LogP contribution >= 0.6 is 0 Å². The molecule has 0 radical (unpaired) electrons. The van der Waals surface area contributed by atoms with E-state index in [9.17, 15) is 9.59 Å². The fraction of sp³-hybridized carbons (Fsp3) is 0.188. The van der Waals surface area contributed by atoms with Gasteiger partial charge in [-0.3, -0.25) is 4.79 Å². The lowest BCUT2D eigenvalue weighted by atomic mass is 10.1. The number of carbonyl (C=O) groups excluding carboxylic acids is 2. The summed E-state index contributed by atoms with van der Waals surface area (Å²) in [5.41, 5.74) is 1.69. The Bertz CT molecular complexity index is 684. The Kier molecular flexibility index (Phi) is 5.21. The molecule has 1 heterocycles. The topological polar surface area (TPSA) is 85.7 Å². The molecular formula is C16H15NO5. The number of ether oxygens (including phenoxy) is 2. The van der Waals surface area contributed by atoms with E-state index in [1.807, 2.05) is 0 Å². The molecule has 0 saturated carbocycles. The van der Waals surface area contributed by atoms with Crippen molar-refractivity contribution >= 4 is 12.3 Å². The highest BCUT2D eigenvalue weighted by molar-refractivity contribution is 5.87. The minimum atomic E-state index is -0.525. The van der Waals surface area contributed by atoms with Crippen molar-refractivity contribution in [3.05, 3.63) is 58.9 Å². The van der Waals surface area contributed by atoms with Crippen molar-refractivity contribution in [2.45, 2.75) is 13.2 Å². The molecule has 1 N–H and O–H groups in total. The average Bonchev–Trinajstić information content (AvgIpc) is 2.59. The van der Waals surface area contributed by atoms with E-state index >= 15 is 0 Å². The summed E-state index contributed by atoms with van der Waals surface area (Å²) in [6.07, 6.45) is 0.660. The number of aliphatic hydroxyl groups excluding tert-OH is 1. The van der Waals surface area contributed by atoms with Crippen LogP contribution in [-0.2, 0) is 18.0 Å². The minimum absolute atomic E-state index is 0.101. The maximum Gasteiger partial charge on any atom is 0.356 e. The van der Waals surface area contributed by atoms with E-state index in [4.69, 9.17) is 9.84 Å². The van der Waals surface area contributed by atoms with Crippen LogP contribution in [0.25, 0.3) is 0 Å². The summed E-state index contributed by atoms with van der Waals surface area (Å²) in [4.78, 5) is 26.6. The van der Waals surface area contributed by atoms with E-state index in [1.54, 1.807) is 36.4 Å². The van der Waals surface area contributed by atoms with Crippen molar-refractivity contribution in [3.8, 4) is 5.75 Å². The fourth-order valence-electron chi connectivity index (χ4n) is 1.85. The van der Waals surface area contributed by atoms with E-state index in [2.05, 4.69) is 9.72 Å². The third-order valence-corrected chi connectivity index (χ3v) is 2.96. The van der Waals surface area contributed by atoms with Crippen molar-refractivity contribution in [1.29, 1.82) is 0 Å². The average molecular weight is 301 g/mol. The molecular weight excluding hydrogens is 286 g/mol. The van der Waals surface area contributed by atoms with E-state index in [-0.39, 0.29) is 18.9 Å². The third kappa shape index (κ3) is 3.67. The van der Waals surface area contributed by atoms with E-state index in [1.165, 1.54) is 7.11 Å². The smallest absolute Gasteiger partial charge is 0.356 e. The third-order valence-electron chi connectivity index (χ3n) is 2.96. The zero-order valence-electron chi connectivity index (χ0n) is 12.0. The minimum Gasteiger partial charge on any atom is -0.487 e. The molecule has 0 unspecified atom stereocenters. The number of hydrogen-bond donors (Lipinski definition) is 1. The SMILES string of the molecule is COC(=O)c1cccc(COc2ccc(CO)cc2C=O)n1. The van der Waals surface area contributed by atoms with Gasteiger partial charge in [-0.1, -0.05) is 12.1 Å². The van der Waals surface area contributed by atoms with Gasteiger partial charge in [0.25, 0.3) is 0 Å². The number of aliphatic hydroxyl groups is 1. The van der Waals surface area contributed by atoms with Gasteiger partial charge in [0, 0.05) is 0 Å². The summed E-state index contributed by atoms with van der Waals surface area (Å²) < 4.78 is 10.2. The largest absolute Gasteiger partial charge is 0.487 e. The number of carbonyl (C=O) groups is 2. The van der Waals surface area contributed by atoms with Gasteiger partial charge < -0.3 is 14.6 Å². The summed E-state index contributed by atoms with van der Waals surface area (Å²) in [7, 11) is 1.28. The fourth-order valence-corrected chi connectivity index (χ4v) is 1.85. The molecule has 1 aromatic heterocycles. The summed E-state index contributed by atoms with van der Waals surface area (Å²) >= 11 is 0. The molecule has 0 bridgehead atoms. The van der Waals surface area contributed by atoms with E-state index < -0.39 is 5.97 Å². The first-order valence-corrected chi connectivity index (χ1v) is 6.54. The Labute approximate surface area is 127 Å². The van der Waals surface area contributed by atoms with E-state index in [0.717, 1.165) is 0 Å². The van der Waals surface area contributed by atoms with Gasteiger partial charge in [-0.15, -0.1) is 0 Å². The number of esters is 1. The molecule has 1 aromatic carbocycles. The highest BCUT2D eigenvalue weighted by atomic mass is 16.5. The summed E-state index contributed by atoms with van der Waals surface area (Å²) in [6, 6.07) is 9.76. The second kappa shape index (κ2) is 7.33. The van der Waals surface area contributed by atoms with E-state index in [0.29, 0.717) is 28.9 Å². The zero-order chi connectivity index (χ0) is 15.9. The van der Waals surface area contributed by atoms with Crippen LogP contribution in [0.1, 0.15) is 32.1 Å². The van der Waals surface area contributed by atoms with Crippen LogP contribution in [0.3, 0.4) is 0 Å². The number of hydrogen-bond acceptors (Lipinski definition) is 6. The number of nitrogens with zero attached hydrogens (tertiary/aromatic N) is 1. The monoisotopic (exact) mass is 301 g/mol. The van der Waals surface area contributed by atoms with Gasteiger partial charge in [0.15, 0.2) is 6.29 Å². The number of rotatable bonds is 6. The summed E-state index contributed by atoms with van der Waals surface area (Å²) in [5, 5.41) is 9.05. The van der Waals surface area contributed by atoms with Crippen LogP contribution in [0.4, 0.5) is 0 Å². The first-order chi connectivity index (χ1) is 10.7. The van der Waals surface area contributed by atoms with Crippen molar-refractivity contribution in [3.63, 3.8) is 0 Å². The second-order valence-corrected chi connectivity index (χ2v) is 4.44. The van der Waals surface area contributed by atoms with Crippen LogP contribution < -0.4 is 4.74 Å². The van der Waals surface area contributed by atoms with Gasteiger partial charge in [0.2, 0.25) is 0 Å². The lowest BCUT2D eigenvalue weighted by Gasteiger charge is -2.09. The molecule has 0 aliphatic heterocycles. The lowest BCUT2D eigenvalue weighted by molar-refractivity contribution is 0.0593. The van der Waals surface area contributed by atoms with Gasteiger partial charge in [-0.25, -0.2) is 9.78 Å². The highest BCUT2D eigenvalue weighted by Gasteiger charge is 2.09. The summed E-state index contributed by atoms with van der Waals surface area (Å²) in [5.74, 6) is -0.139. The normalized spacial score (nSPS) is 10.1. The second-order valence-electron chi connectivity index (χ2n) is 4.44. The Morgan fingerprint density at radius 1 is 1.32 bits per heavy atom. The molecule has 114 valence electrons. The number of benzene rings is 1. The molecule has 0 aliphatic rings. The quantitative estimate of drug-likeness (QED) is 0.646. The molecule has 6 nitrogen and oxygen atoms in total. The van der Waals surface area contributed by atoms with Crippen LogP contribution in [0, 0.1) is 0 Å². The molecule has 0 amide bonds. The molecule has 0 atom stereocenters. The van der Waals surface area contributed by atoms with Crippen LogP contribution in [0.15, 0.2) is 36.4 Å². The van der Waals surface area contributed by atoms with Crippen LogP contribution in [0.2, 0.25) is 0 Å². The first-order valence-electron chi connectivity index (χ1n) is 6.54. The van der Waals surface area contributed by atoms with Gasteiger partial charge in [0.05, 0.1) is 25.0 Å². The van der Waals surface area contributed by atoms with Crippen molar-refractivity contribution < 1.29 is 24.2 Å². The molecule has 0 saturated heterocycles. The van der Waals surface area contributed by atoms with Crippen molar-refractivity contribution in [1.82, 2.24) is 4.98 Å². The predicted octanol–water partition coefficient (Wildman–Crippen LogP) is 1.75. The lowest BCUT2D eigenvalue weighted by Crippen LogP contribution is -2.07. The Hall–Kier alpha value is -2.73. The number of aldehydes is 1. The van der Waals surface area contributed by atoms with Crippen LogP contribution in [-0.4, -0.2) is 29.5 Å². The maximum absolute atomic E-state index is 11.4. The van der Waals surface area contributed by atoms with Crippen LogP contribution in [0.5, 0.6) is 5.75 Å². The van der Waals surface area contributed by atoms with Gasteiger partial charge in [0.1, 0.15) is 18.1 Å². The highest BCUT2D eigenvalue weighted by Crippen LogP contribution is 2.19. The molecule has 0 aliphatic carbocycles. The Morgan fingerprint density at radius 3 is 2.82 bits per heavy atom. The molecule has 22 heavy (non-hydrogen) atoms. The van der Waals surface area contributed by atoms with Gasteiger partial charge in [-0.05, 0) is 29.8 Å². The predicted molar refractivity (Wildman–Crippen MR) is 77.7 cm³/mol. The molecule has 2 rings (SSSR count). The zero-order valence-corrected chi connectivity index (χ0v) is 12.0. The molecule has 0 spiro atoms. The van der Waals surface area contributed by atoms with Gasteiger partial charge in [-0.2, -0.15) is 0 Å². The Balaban J connectivity index is 2.13. The van der Waals surface area contributed by atoms with Crippen molar-refractivity contribution in [2.24, 2.45) is 0 Å². The molecule has 0 fully saturated rings. The number of methoxy groups -OCH3 is 1. The molecule has 6 heteroatoms. The summed E-state index contributed by atoms with van der Waals surface area (Å²) in [6.45, 7) is -0.0476. The standard InChI is InChI=1S/C16H15NO5/c1-21-16(20)14-4-2-3-13(17-14)10-22-15-6-5-11(8-18)7-12(15)9-19/h2-7,9,18H,8,10H2,1H3. The molecule has 2 aromatic rings.